The Morgan fingerprint density at radius 2 is 1.89 bits per heavy atom. The summed E-state index contributed by atoms with van der Waals surface area (Å²) in [6.45, 7) is 0. The van der Waals surface area contributed by atoms with Crippen molar-refractivity contribution >= 4 is 11.9 Å². The molecule has 2 saturated carbocycles. The molecule has 2 atom stereocenters. The molecule has 4 N–H and O–H groups in total. The summed E-state index contributed by atoms with van der Waals surface area (Å²) in [4.78, 5) is 23.0. The van der Waals surface area contributed by atoms with Gasteiger partial charge in [-0.2, -0.15) is 0 Å². The molecular formula is C13H22N2O3. The van der Waals surface area contributed by atoms with E-state index in [9.17, 15) is 9.59 Å². The Morgan fingerprint density at radius 3 is 2.44 bits per heavy atom. The van der Waals surface area contributed by atoms with Gasteiger partial charge in [-0.3, -0.25) is 9.59 Å². The van der Waals surface area contributed by atoms with Gasteiger partial charge in [0.2, 0.25) is 5.91 Å². The minimum Gasteiger partial charge on any atom is -0.481 e. The van der Waals surface area contributed by atoms with Crippen molar-refractivity contribution in [3.63, 3.8) is 0 Å². The van der Waals surface area contributed by atoms with Gasteiger partial charge >= 0.3 is 5.97 Å². The molecule has 0 aromatic heterocycles. The van der Waals surface area contributed by atoms with Crippen molar-refractivity contribution in [3.8, 4) is 0 Å². The molecule has 0 radical (unpaired) electrons. The molecule has 2 aliphatic carbocycles. The van der Waals surface area contributed by atoms with E-state index in [1.165, 1.54) is 0 Å². The highest BCUT2D eigenvalue weighted by atomic mass is 16.4. The van der Waals surface area contributed by atoms with Crippen molar-refractivity contribution in [1.82, 2.24) is 5.32 Å². The van der Waals surface area contributed by atoms with E-state index in [1.54, 1.807) is 0 Å². The van der Waals surface area contributed by atoms with Crippen LogP contribution in [0.1, 0.15) is 51.4 Å². The number of rotatable bonds is 4. The van der Waals surface area contributed by atoms with Crippen molar-refractivity contribution in [2.75, 3.05) is 0 Å². The Hall–Kier alpha value is -1.10. The Bertz CT molecular complexity index is 339. The third-order valence-corrected chi connectivity index (χ3v) is 4.29. The molecule has 102 valence electrons. The number of carbonyl (C=O) groups is 2. The van der Waals surface area contributed by atoms with Gasteiger partial charge in [0.15, 0.2) is 0 Å². The predicted molar refractivity (Wildman–Crippen MR) is 66.9 cm³/mol. The minimum absolute atomic E-state index is 0.0876. The number of aliphatic carboxylic acids is 1. The van der Waals surface area contributed by atoms with Crippen LogP contribution in [0.2, 0.25) is 0 Å². The number of carboxylic acids is 1. The zero-order chi connectivity index (χ0) is 13.2. The number of hydrogen-bond donors (Lipinski definition) is 3. The van der Waals surface area contributed by atoms with Crippen molar-refractivity contribution in [2.45, 2.75) is 62.9 Å². The number of carboxylic acid groups (broad SMARTS) is 1. The van der Waals surface area contributed by atoms with Crippen LogP contribution < -0.4 is 11.1 Å². The summed E-state index contributed by atoms with van der Waals surface area (Å²) in [6, 6.07) is -0.215. The summed E-state index contributed by atoms with van der Waals surface area (Å²) in [5, 5.41) is 12.0. The first kappa shape index (κ1) is 13.3. The lowest BCUT2D eigenvalue weighted by molar-refractivity contribution is -0.144. The van der Waals surface area contributed by atoms with E-state index in [-0.39, 0.29) is 17.5 Å². The zero-order valence-electron chi connectivity index (χ0n) is 10.7. The van der Waals surface area contributed by atoms with Crippen molar-refractivity contribution in [3.05, 3.63) is 0 Å². The molecule has 0 spiro atoms. The van der Waals surface area contributed by atoms with E-state index in [0.717, 1.165) is 38.5 Å². The molecule has 0 aliphatic heterocycles. The fourth-order valence-electron chi connectivity index (χ4n) is 2.98. The van der Waals surface area contributed by atoms with Crippen LogP contribution in [0.15, 0.2) is 0 Å². The summed E-state index contributed by atoms with van der Waals surface area (Å²) < 4.78 is 0. The van der Waals surface area contributed by atoms with E-state index < -0.39 is 11.9 Å². The lowest BCUT2D eigenvalue weighted by Crippen LogP contribution is -2.52. The minimum atomic E-state index is -0.800. The molecule has 5 heteroatoms. The Balaban J connectivity index is 1.86. The van der Waals surface area contributed by atoms with Gasteiger partial charge in [0.1, 0.15) is 0 Å². The standard InChI is InChI=1S/C13H22N2O3/c14-13(6-3-7-13)8-11(16)15-10-5-2-1-4-9(10)12(17)18/h9-10H,1-8,14H2,(H,15,16)(H,17,18). The molecule has 0 aromatic rings. The van der Waals surface area contributed by atoms with Gasteiger partial charge in [-0.1, -0.05) is 12.8 Å². The van der Waals surface area contributed by atoms with Gasteiger partial charge in [-0.25, -0.2) is 0 Å². The second kappa shape index (κ2) is 5.26. The number of nitrogens with one attached hydrogen (secondary N) is 1. The van der Waals surface area contributed by atoms with Crippen LogP contribution in [-0.4, -0.2) is 28.6 Å². The summed E-state index contributed by atoms with van der Waals surface area (Å²) in [7, 11) is 0. The van der Waals surface area contributed by atoms with E-state index >= 15 is 0 Å². The largest absolute Gasteiger partial charge is 0.481 e. The maximum Gasteiger partial charge on any atom is 0.308 e. The highest BCUT2D eigenvalue weighted by molar-refractivity contribution is 5.79. The van der Waals surface area contributed by atoms with E-state index in [0.29, 0.717) is 12.8 Å². The predicted octanol–water partition coefficient (Wildman–Crippen LogP) is 1.02. The lowest BCUT2D eigenvalue weighted by Gasteiger charge is -2.38. The number of amides is 1. The first-order chi connectivity index (χ1) is 8.50. The topological polar surface area (TPSA) is 92.4 Å². The van der Waals surface area contributed by atoms with Gasteiger partial charge < -0.3 is 16.2 Å². The van der Waals surface area contributed by atoms with Crippen LogP contribution in [0, 0.1) is 5.92 Å². The molecule has 2 rings (SSSR count). The zero-order valence-corrected chi connectivity index (χ0v) is 10.7. The van der Waals surface area contributed by atoms with E-state index in [4.69, 9.17) is 10.8 Å². The molecule has 0 aromatic carbocycles. The van der Waals surface area contributed by atoms with Crippen LogP contribution in [0.4, 0.5) is 0 Å². The molecule has 0 saturated heterocycles. The molecule has 18 heavy (non-hydrogen) atoms. The van der Waals surface area contributed by atoms with Crippen LogP contribution in [-0.2, 0) is 9.59 Å². The number of hydrogen-bond acceptors (Lipinski definition) is 3. The SMILES string of the molecule is NC1(CC(=O)NC2CCCCC2C(=O)O)CCC1. The summed E-state index contributed by atoms with van der Waals surface area (Å²) >= 11 is 0. The fraction of sp³-hybridized carbons (Fsp3) is 0.846. The smallest absolute Gasteiger partial charge is 0.308 e. The summed E-state index contributed by atoms with van der Waals surface area (Å²) in [6.07, 6.45) is 6.56. The Morgan fingerprint density at radius 1 is 1.22 bits per heavy atom. The van der Waals surface area contributed by atoms with Gasteiger partial charge in [0.25, 0.3) is 0 Å². The lowest BCUT2D eigenvalue weighted by atomic mass is 9.75. The van der Waals surface area contributed by atoms with Gasteiger partial charge in [0, 0.05) is 18.0 Å². The van der Waals surface area contributed by atoms with Gasteiger partial charge in [-0.15, -0.1) is 0 Å². The van der Waals surface area contributed by atoms with Crippen LogP contribution >= 0.6 is 0 Å². The third kappa shape index (κ3) is 3.02. The Labute approximate surface area is 107 Å². The molecule has 5 nitrogen and oxygen atoms in total. The van der Waals surface area contributed by atoms with Crippen LogP contribution in [0.3, 0.4) is 0 Å². The maximum atomic E-state index is 11.9. The van der Waals surface area contributed by atoms with Crippen molar-refractivity contribution in [2.24, 2.45) is 11.7 Å². The second-order valence-electron chi connectivity index (χ2n) is 5.80. The molecule has 1 amide bonds. The normalized spacial score (nSPS) is 30.3. The average Bonchev–Trinajstić information content (AvgIpc) is 2.27. The van der Waals surface area contributed by atoms with Crippen LogP contribution in [0.5, 0.6) is 0 Å². The molecule has 0 heterocycles. The summed E-state index contributed by atoms with van der Waals surface area (Å²) in [5.41, 5.74) is 5.69. The highest BCUT2D eigenvalue weighted by Gasteiger charge is 2.37. The molecule has 2 unspecified atom stereocenters. The van der Waals surface area contributed by atoms with E-state index in [2.05, 4.69) is 5.32 Å². The van der Waals surface area contributed by atoms with E-state index in [1.807, 2.05) is 0 Å². The number of carbonyl (C=O) groups excluding carboxylic acids is 1. The molecule has 2 aliphatic rings. The third-order valence-electron chi connectivity index (χ3n) is 4.29. The van der Waals surface area contributed by atoms with Gasteiger partial charge in [-0.05, 0) is 32.1 Å². The highest BCUT2D eigenvalue weighted by Crippen LogP contribution is 2.32. The Kier molecular flexibility index (Phi) is 3.90. The van der Waals surface area contributed by atoms with Gasteiger partial charge in [0.05, 0.1) is 5.92 Å². The monoisotopic (exact) mass is 254 g/mol. The maximum absolute atomic E-state index is 11.9. The quantitative estimate of drug-likeness (QED) is 0.698. The second-order valence-corrected chi connectivity index (χ2v) is 5.80. The van der Waals surface area contributed by atoms with Crippen LogP contribution in [0.25, 0.3) is 0 Å². The molecular weight excluding hydrogens is 232 g/mol. The summed E-state index contributed by atoms with van der Waals surface area (Å²) in [5.74, 6) is -1.32. The first-order valence-electron chi connectivity index (χ1n) is 6.81. The van der Waals surface area contributed by atoms with Crippen molar-refractivity contribution in [1.29, 1.82) is 0 Å². The fourth-order valence-corrected chi connectivity index (χ4v) is 2.98. The average molecular weight is 254 g/mol. The first-order valence-corrected chi connectivity index (χ1v) is 6.81. The molecule has 0 bridgehead atoms. The van der Waals surface area contributed by atoms with Crippen molar-refractivity contribution < 1.29 is 14.7 Å². The number of nitrogens with two attached hydrogens (primary N) is 1. The molecule has 2 fully saturated rings.